The lowest BCUT2D eigenvalue weighted by Gasteiger charge is -2.28. The van der Waals surface area contributed by atoms with Crippen molar-refractivity contribution >= 4 is 0 Å². The third-order valence-electron chi connectivity index (χ3n) is 3.89. The molecule has 22 heavy (non-hydrogen) atoms. The maximum Gasteiger partial charge on any atom is 0.0143 e. The van der Waals surface area contributed by atoms with Crippen molar-refractivity contribution in [2.45, 2.75) is 33.1 Å². The van der Waals surface area contributed by atoms with Gasteiger partial charge < -0.3 is 4.90 Å². The van der Waals surface area contributed by atoms with E-state index in [-0.39, 0.29) is 5.41 Å². The lowest BCUT2D eigenvalue weighted by molar-refractivity contribution is 0.563. The van der Waals surface area contributed by atoms with Crippen LogP contribution in [0.25, 0.3) is 0 Å². The first-order valence-corrected chi connectivity index (χ1v) is 7.73. The fraction of sp³-hybridized carbons (Fsp3) is 0.333. The summed E-state index contributed by atoms with van der Waals surface area (Å²) in [5, 5.41) is 0. The highest BCUT2D eigenvalue weighted by Crippen LogP contribution is 2.33. The van der Waals surface area contributed by atoms with Crippen LogP contribution in [-0.2, 0) is 5.41 Å². The first kappa shape index (κ1) is 18.0. The molecule has 0 saturated heterocycles. The molecule has 0 heterocycles. The van der Waals surface area contributed by atoms with Gasteiger partial charge in [0.05, 0.1) is 0 Å². The van der Waals surface area contributed by atoms with E-state index in [9.17, 15) is 0 Å². The molecule has 0 fully saturated rings. The Morgan fingerprint density at radius 2 is 1.77 bits per heavy atom. The normalized spacial score (nSPS) is 13.1. The maximum atomic E-state index is 4.34. The van der Waals surface area contributed by atoms with Gasteiger partial charge in [0.15, 0.2) is 0 Å². The summed E-state index contributed by atoms with van der Waals surface area (Å²) < 4.78 is 0. The molecule has 1 aromatic carbocycles. The lowest BCUT2D eigenvalue weighted by atomic mass is 9.76. The minimum Gasteiger partial charge on any atom is -0.383 e. The van der Waals surface area contributed by atoms with Crippen LogP contribution in [-0.4, -0.2) is 19.0 Å². The quantitative estimate of drug-likeness (QED) is 0.635. The standard InChI is InChI=1S/C21H29N/c1-8-11-19(14-15-22(6)7)16-18(3)21(4,5)20-13-10-9-12-17(20)2/h8-16H,3H2,1-2,4-7H3/b11-8-,15-14+,19-16+. The highest BCUT2D eigenvalue weighted by Gasteiger charge is 2.24. The second-order valence-electron chi connectivity index (χ2n) is 6.39. The molecule has 118 valence electrons. The van der Waals surface area contributed by atoms with E-state index in [1.807, 2.05) is 25.9 Å². The predicted molar refractivity (Wildman–Crippen MR) is 99.1 cm³/mol. The molecule has 0 aliphatic rings. The van der Waals surface area contributed by atoms with Gasteiger partial charge in [0.1, 0.15) is 0 Å². The van der Waals surface area contributed by atoms with Crippen LogP contribution in [0.3, 0.4) is 0 Å². The van der Waals surface area contributed by atoms with Crippen LogP contribution in [0.5, 0.6) is 0 Å². The van der Waals surface area contributed by atoms with Gasteiger partial charge in [-0.15, -0.1) is 0 Å². The smallest absolute Gasteiger partial charge is 0.0143 e. The summed E-state index contributed by atoms with van der Waals surface area (Å²) in [5.74, 6) is 0. The number of nitrogens with zero attached hydrogens (tertiary/aromatic N) is 1. The molecule has 0 radical (unpaired) electrons. The molecule has 0 N–H and O–H groups in total. The number of hydrogen-bond donors (Lipinski definition) is 0. The molecule has 1 rings (SSSR count). The summed E-state index contributed by atoms with van der Waals surface area (Å²) >= 11 is 0. The molecule has 1 nitrogen and oxygen atoms in total. The molecular formula is C21H29N. The Bertz CT molecular complexity index is 598. The van der Waals surface area contributed by atoms with E-state index >= 15 is 0 Å². The van der Waals surface area contributed by atoms with E-state index in [2.05, 4.69) is 82.1 Å². The van der Waals surface area contributed by atoms with Gasteiger partial charge in [-0.1, -0.05) is 62.9 Å². The van der Waals surface area contributed by atoms with E-state index in [0.29, 0.717) is 0 Å². The van der Waals surface area contributed by atoms with Crippen LogP contribution >= 0.6 is 0 Å². The molecule has 0 aliphatic carbocycles. The van der Waals surface area contributed by atoms with Gasteiger partial charge in [-0.25, -0.2) is 0 Å². The zero-order valence-electron chi connectivity index (χ0n) is 14.9. The summed E-state index contributed by atoms with van der Waals surface area (Å²) in [7, 11) is 4.05. The van der Waals surface area contributed by atoms with Crippen LogP contribution < -0.4 is 0 Å². The first-order valence-electron chi connectivity index (χ1n) is 7.73. The predicted octanol–water partition coefficient (Wildman–Crippen LogP) is 5.41. The molecular weight excluding hydrogens is 266 g/mol. The molecule has 0 amide bonds. The Morgan fingerprint density at radius 3 is 2.32 bits per heavy atom. The average molecular weight is 295 g/mol. The average Bonchev–Trinajstić information content (AvgIpc) is 2.45. The number of hydrogen-bond acceptors (Lipinski definition) is 1. The zero-order valence-corrected chi connectivity index (χ0v) is 14.9. The first-order chi connectivity index (χ1) is 10.3. The molecule has 0 aliphatic heterocycles. The van der Waals surface area contributed by atoms with Crippen molar-refractivity contribution in [2.24, 2.45) is 0 Å². The van der Waals surface area contributed by atoms with Crippen molar-refractivity contribution < 1.29 is 0 Å². The summed E-state index contributed by atoms with van der Waals surface area (Å²) in [6.45, 7) is 13.0. The van der Waals surface area contributed by atoms with Crippen molar-refractivity contribution in [3.8, 4) is 0 Å². The highest BCUT2D eigenvalue weighted by atomic mass is 15.0. The van der Waals surface area contributed by atoms with Crippen LogP contribution in [0.15, 0.2) is 72.5 Å². The van der Waals surface area contributed by atoms with Crippen molar-refractivity contribution in [1.29, 1.82) is 0 Å². The second kappa shape index (κ2) is 7.84. The van der Waals surface area contributed by atoms with Crippen molar-refractivity contribution in [2.75, 3.05) is 14.1 Å². The minimum atomic E-state index is -0.0931. The fourth-order valence-electron chi connectivity index (χ4n) is 2.41. The molecule has 0 atom stereocenters. The monoisotopic (exact) mass is 295 g/mol. The summed E-state index contributed by atoms with van der Waals surface area (Å²) in [5.41, 5.74) is 4.80. The van der Waals surface area contributed by atoms with Gasteiger partial charge in [-0.05, 0) is 48.4 Å². The van der Waals surface area contributed by atoms with Gasteiger partial charge >= 0.3 is 0 Å². The second-order valence-corrected chi connectivity index (χ2v) is 6.39. The number of benzene rings is 1. The van der Waals surface area contributed by atoms with E-state index < -0.39 is 0 Å². The minimum absolute atomic E-state index is 0.0931. The maximum absolute atomic E-state index is 4.34. The van der Waals surface area contributed by atoms with Gasteiger partial charge in [0, 0.05) is 19.5 Å². The molecule has 0 bridgehead atoms. The van der Waals surface area contributed by atoms with E-state index in [4.69, 9.17) is 0 Å². The van der Waals surface area contributed by atoms with E-state index in [1.54, 1.807) is 0 Å². The largest absolute Gasteiger partial charge is 0.383 e. The Labute approximate surface area is 136 Å². The lowest BCUT2D eigenvalue weighted by Crippen LogP contribution is -2.20. The van der Waals surface area contributed by atoms with Crippen molar-refractivity contribution in [1.82, 2.24) is 4.90 Å². The van der Waals surface area contributed by atoms with Gasteiger partial charge in [0.2, 0.25) is 0 Å². The number of rotatable bonds is 6. The molecule has 0 spiro atoms. The third kappa shape index (κ3) is 4.77. The number of allylic oxidation sites excluding steroid dienone is 6. The Hall–Kier alpha value is -2.02. The van der Waals surface area contributed by atoms with E-state index in [1.165, 1.54) is 11.1 Å². The molecule has 0 aromatic heterocycles. The highest BCUT2D eigenvalue weighted by molar-refractivity contribution is 5.46. The SMILES string of the molecule is C=C(/C=C(\C=C/C)/C=C/N(C)C)C(C)(C)c1ccccc1C. The van der Waals surface area contributed by atoms with Crippen molar-refractivity contribution in [3.05, 3.63) is 83.6 Å². The van der Waals surface area contributed by atoms with Gasteiger partial charge in [0.25, 0.3) is 0 Å². The van der Waals surface area contributed by atoms with Crippen LogP contribution in [0.1, 0.15) is 31.9 Å². The Kier molecular flexibility index (Phi) is 6.42. The van der Waals surface area contributed by atoms with Gasteiger partial charge in [-0.2, -0.15) is 0 Å². The summed E-state index contributed by atoms with van der Waals surface area (Å²) in [6.07, 6.45) is 10.5. The molecule has 1 aromatic rings. The third-order valence-corrected chi connectivity index (χ3v) is 3.89. The summed E-state index contributed by atoms with van der Waals surface area (Å²) in [6, 6.07) is 8.53. The van der Waals surface area contributed by atoms with Crippen LogP contribution in [0.4, 0.5) is 0 Å². The molecule has 0 unspecified atom stereocenters. The van der Waals surface area contributed by atoms with E-state index in [0.717, 1.165) is 11.1 Å². The van der Waals surface area contributed by atoms with Crippen LogP contribution in [0.2, 0.25) is 0 Å². The molecule has 0 saturated carbocycles. The topological polar surface area (TPSA) is 3.24 Å². The van der Waals surface area contributed by atoms with Crippen LogP contribution in [0, 0.1) is 6.92 Å². The number of aryl methyl sites for hydroxylation is 1. The molecule has 1 heteroatoms. The van der Waals surface area contributed by atoms with Gasteiger partial charge in [-0.3, -0.25) is 0 Å². The summed E-state index contributed by atoms with van der Waals surface area (Å²) in [4.78, 5) is 2.03. The Balaban J connectivity index is 3.16. The zero-order chi connectivity index (χ0) is 16.8. The van der Waals surface area contributed by atoms with Crippen molar-refractivity contribution in [3.63, 3.8) is 0 Å². The fourth-order valence-corrected chi connectivity index (χ4v) is 2.41. The Morgan fingerprint density at radius 1 is 1.14 bits per heavy atom.